The quantitative estimate of drug-likeness (QED) is 0.680. The molecule has 1 aliphatic heterocycles. The summed E-state index contributed by atoms with van der Waals surface area (Å²) in [5.74, 6) is 0.558. The fourth-order valence-corrected chi connectivity index (χ4v) is 3.67. The number of carbonyl (C=O) groups is 1. The number of carbonyl (C=O) groups excluding carboxylic acids is 1. The van der Waals surface area contributed by atoms with Crippen LogP contribution in [0.15, 0.2) is 23.2 Å². The zero-order chi connectivity index (χ0) is 19.7. The molecule has 142 valence electrons. The lowest BCUT2D eigenvalue weighted by Gasteiger charge is -2.28. The average molecular weight is 409 g/mol. The van der Waals surface area contributed by atoms with Gasteiger partial charge in [-0.1, -0.05) is 23.2 Å². The largest absolute Gasteiger partial charge is 0.496 e. The number of hydrogen-bond donors (Lipinski definition) is 0. The van der Waals surface area contributed by atoms with Crippen LogP contribution in [0.3, 0.4) is 0 Å². The van der Waals surface area contributed by atoms with Crippen molar-refractivity contribution in [3.63, 3.8) is 0 Å². The van der Waals surface area contributed by atoms with E-state index in [-0.39, 0.29) is 5.56 Å². The highest BCUT2D eigenvalue weighted by molar-refractivity contribution is 6.34. The number of anilines is 1. The maximum Gasteiger partial charge on any atom is 0.341 e. The van der Waals surface area contributed by atoms with Crippen molar-refractivity contribution < 1.29 is 19.0 Å². The third-order valence-corrected chi connectivity index (χ3v) is 4.92. The van der Waals surface area contributed by atoms with E-state index in [1.807, 2.05) is 17.9 Å². The highest BCUT2D eigenvalue weighted by Gasteiger charge is 2.25. The maximum absolute atomic E-state index is 11.9. The van der Waals surface area contributed by atoms with Gasteiger partial charge in [0, 0.05) is 11.6 Å². The Bertz CT molecular complexity index is 944. The number of nitrogens with zero attached hydrogens (tertiary/aromatic N) is 2. The molecule has 0 radical (unpaired) electrons. The van der Waals surface area contributed by atoms with E-state index in [1.54, 1.807) is 19.5 Å². The maximum atomic E-state index is 11.9. The summed E-state index contributed by atoms with van der Waals surface area (Å²) in [6.45, 7) is 2.37. The van der Waals surface area contributed by atoms with E-state index >= 15 is 0 Å². The molecule has 2 aromatic carbocycles. The second-order valence-electron chi connectivity index (χ2n) is 5.90. The number of aryl methyl sites for hydroxylation is 1. The Balaban J connectivity index is 2.07. The minimum atomic E-state index is -0.526. The molecule has 0 N–H and O–H groups in total. The van der Waals surface area contributed by atoms with E-state index < -0.39 is 5.97 Å². The highest BCUT2D eigenvalue weighted by atomic mass is 35.5. The van der Waals surface area contributed by atoms with E-state index in [2.05, 4.69) is 4.99 Å². The Hall–Kier alpha value is -2.44. The van der Waals surface area contributed by atoms with Crippen LogP contribution in [0.2, 0.25) is 10.0 Å². The second-order valence-corrected chi connectivity index (χ2v) is 6.72. The van der Waals surface area contributed by atoms with Crippen molar-refractivity contribution in [1.82, 2.24) is 0 Å². The van der Waals surface area contributed by atoms with Crippen molar-refractivity contribution in [3.05, 3.63) is 44.9 Å². The molecule has 27 heavy (non-hydrogen) atoms. The zero-order valence-electron chi connectivity index (χ0n) is 15.3. The number of rotatable bonds is 4. The first-order valence-corrected chi connectivity index (χ1v) is 8.79. The van der Waals surface area contributed by atoms with E-state index in [9.17, 15) is 4.79 Å². The minimum absolute atomic E-state index is 0.250. The molecule has 3 rings (SSSR count). The molecule has 0 unspecified atom stereocenters. The molecular formula is C19H18Cl2N2O4. The molecule has 6 nitrogen and oxygen atoms in total. The summed E-state index contributed by atoms with van der Waals surface area (Å²) in [4.78, 5) is 18.2. The van der Waals surface area contributed by atoms with Crippen molar-refractivity contribution in [1.29, 1.82) is 0 Å². The minimum Gasteiger partial charge on any atom is -0.496 e. The van der Waals surface area contributed by atoms with Gasteiger partial charge in [-0.25, -0.2) is 9.79 Å². The molecule has 0 spiro atoms. The fraction of sp³-hybridized carbons (Fsp3) is 0.263. The average Bonchev–Trinajstić information content (AvgIpc) is 2.67. The van der Waals surface area contributed by atoms with Gasteiger partial charge in [0.2, 0.25) is 0 Å². The summed E-state index contributed by atoms with van der Waals surface area (Å²) < 4.78 is 15.6. The predicted octanol–water partition coefficient (Wildman–Crippen LogP) is 4.79. The van der Waals surface area contributed by atoms with Crippen LogP contribution in [0.5, 0.6) is 11.5 Å². The van der Waals surface area contributed by atoms with E-state index in [0.29, 0.717) is 33.7 Å². The fourth-order valence-electron chi connectivity index (χ4n) is 3.07. The topological polar surface area (TPSA) is 60.4 Å². The van der Waals surface area contributed by atoms with Crippen molar-refractivity contribution in [2.45, 2.75) is 13.5 Å². The summed E-state index contributed by atoms with van der Waals surface area (Å²) in [5, 5.41) is 0.924. The summed E-state index contributed by atoms with van der Waals surface area (Å²) in [6, 6.07) is 5.02. The third-order valence-electron chi connectivity index (χ3n) is 4.33. The van der Waals surface area contributed by atoms with E-state index in [1.165, 1.54) is 20.3 Å². The normalized spacial score (nSPS) is 12.6. The number of hydrogen-bond acceptors (Lipinski definition) is 6. The molecule has 0 bridgehead atoms. The molecule has 1 heterocycles. The van der Waals surface area contributed by atoms with Gasteiger partial charge in [0.15, 0.2) is 0 Å². The Morgan fingerprint density at radius 2 is 1.85 bits per heavy atom. The highest BCUT2D eigenvalue weighted by Crippen LogP contribution is 2.43. The Labute approximate surface area is 167 Å². The number of esters is 1. The number of halogens is 2. The predicted molar refractivity (Wildman–Crippen MR) is 106 cm³/mol. The van der Waals surface area contributed by atoms with Gasteiger partial charge in [-0.05, 0) is 24.6 Å². The van der Waals surface area contributed by atoms with Crippen molar-refractivity contribution in [3.8, 4) is 11.5 Å². The van der Waals surface area contributed by atoms with Gasteiger partial charge in [-0.3, -0.25) is 0 Å². The number of aliphatic imine (C=N–C) groups is 1. The molecule has 1 aliphatic rings. The van der Waals surface area contributed by atoms with Gasteiger partial charge in [0.05, 0.1) is 55.6 Å². The van der Waals surface area contributed by atoms with E-state index in [4.69, 9.17) is 37.4 Å². The Morgan fingerprint density at radius 1 is 1.11 bits per heavy atom. The Kier molecular flexibility index (Phi) is 5.48. The van der Waals surface area contributed by atoms with Crippen molar-refractivity contribution in [2.24, 2.45) is 4.99 Å². The molecule has 0 amide bonds. The summed E-state index contributed by atoms with van der Waals surface area (Å²) in [5.41, 5.74) is 3.33. The molecule has 0 aromatic heterocycles. The molecule has 8 heteroatoms. The van der Waals surface area contributed by atoms with Gasteiger partial charge in [-0.2, -0.15) is 0 Å². The molecule has 0 saturated heterocycles. The molecule has 0 aliphatic carbocycles. The smallest absolute Gasteiger partial charge is 0.341 e. The lowest BCUT2D eigenvalue weighted by Crippen LogP contribution is -2.24. The lowest BCUT2D eigenvalue weighted by molar-refractivity contribution is 0.0597. The van der Waals surface area contributed by atoms with Crippen LogP contribution in [0.4, 0.5) is 11.4 Å². The SMILES string of the molecule is COC(=O)c1cc(Cl)c(N2C=Nc3c(Cl)cc(C)c(OC)c3C2)cc1OC. The van der Waals surface area contributed by atoms with Crippen LogP contribution in [0, 0.1) is 6.92 Å². The Morgan fingerprint density at radius 3 is 2.48 bits per heavy atom. The van der Waals surface area contributed by atoms with Gasteiger partial charge in [0.1, 0.15) is 17.1 Å². The standard InChI is InChI=1S/C19H18Cl2N2O4/c1-10-5-14(21)17-12(18(10)26-3)8-23(9-22-17)15-7-16(25-2)11(6-13(15)20)19(24)27-4/h5-7,9H,8H2,1-4H3. The van der Waals surface area contributed by atoms with Gasteiger partial charge in [0.25, 0.3) is 0 Å². The van der Waals surface area contributed by atoms with Crippen molar-refractivity contribution in [2.75, 3.05) is 26.2 Å². The van der Waals surface area contributed by atoms with Crippen LogP contribution in [-0.4, -0.2) is 33.6 Å². The summed E-state index contributed by atoms with van der Waals surface area (Å²) in [7, 11) is 4.39. The van der Waals surface area contributed by atoms with Crippen LogP contribution in [0.1, 0.15) is 21.5 Å². The molecule has 0 fully saturated rings. The first kappa shape index (κ1) is 19.3. The number of fused-ring (bicyclic) bond motifs is 1. The van der Waals surface area contributed by atoms with Crippen molar-refractivity contribution >= 4 is 46.9 Å². The molecular weight excluding hydrogens is 391 g/mol. The number of methoxy groups -OCH3 is 3. The monoisotopic (exact) mass is 408 g/mol. The van der Waals surface area contributed by atoms with Gasteiger partial charge >= 0.3 is 5.97 Å². The summed E-state index contributed by atoms with van der Waals surface area (Å²) >= 11 is 12.8. The van der Waals surface area contributed by atoms with Gasteiger partial charge in [-0.15, -0.1) is 0 Å². The third kappa shape index (κ3) is 3.42. The first-order chi connectivity index (χ1) is 12.9. The van der Waals surface area contributed by atoms with Gasteiger partial charge < -0.3 is 19.1 Å². The number of ether oxygens (including phenoxy) is 3. The van der Waals surface area contributed by atoms with Crippen LogP contribution < -0.4 is 14.4 Å². The number of benzene rings is 2. The molecule has 2 aromatic rings. The van der Waals surface area contributed by atoms with Crippen LogP contribution in [0.25, 0.3) is 0 Å². The first-order valence-electron chi connectivity index (χ1n) is 8.03. The molecule has 0 atom stereocenters. The summed E-state index contributed by atoms with van der Waals surface area (Å²) in [6.07, 6.45) is 1.64. The van der Waals surface area contributed by atoms with E-state index in [0.717, 1.165) is 16.9 Å². The second kappa shape index (κ2) is 7.66. The molecule has 0 saturated carbocycles. The van der Waals surface area contributed by atoms with Crippen LogP contribution >= 0.6 is 23.2 Å². The lowest BCUT2D eigenvalue weighted by atomic mass is 10.0. The zero-order valence-corrected chi connectivity index (χ0v) is 16.8. The van der Waals surface area contributed by atoms with Crippen LogP contribution in [-0.2, 0) is 11.3 Å².